The van der Waals surface area contributed by atoms with Crippen molar-refractivity contribution in [2.45, 2.75) is 27.2 Å². The summed E-state index contributed by atoms with van der Waals surface area (Å²) < 4.78 is 0. The number of fused-ring (bicyclic) bond motifs is 1. The van der Waals surface area contributed by atoms with Crippen LogP contribution in [0.4, 0.5) is 5.69 Å². The van der Waals surface area contributed by atoms with E-state index in [0.717, 1.165) is 0 Å². The number of anilines is 1. The van der Waals surface area contributed by atoms with Crippen LogP contribution in [0.1, 0.15) is 25.8 Å². The van der Waals surface area contributed by atoms with Gasteiger partial charge in [-0.1, -0.05) is 26.3 Å². The molecule has 0 aliphatic heterocycles. The average molecular weight is 218 g/mol. The summed E-state index contributed by atoms with van der Waals surface area (Å²) >= 11 is 0. The number of nitrogens with zero attached hydrogens (tertiary/aromatic N) is 1. The Morgan fingerprint density at radius 2 is 1.81 bits per heavy atom. The van der Waals surface area contributed by atoms with Crippen molar-refractivity contribution < 1.29 is 0 Å². The predicted octanol–water partition coefficient (Wildman–Crippen LogP) is 3.96. The van der Waals surface area contributed by atoms with Crippen LogP contribution in [0, 0.1) is 6.92 Å². The number of aryl methyl sites for hydroxylation is 1. The van der Waals surface area contributed by atoms with Gasteiger partial charge in [0.1, 0.15) is 0 Å². The zero-order valence-electron chi connectivity index (χ0n) is 11.0. The lowest BCUT2D eigenvalue weighted by molar-refractivity contribution is 1.09. The molecule has 2 rings (SSSR count). The van der Waals surface area contributed by atoms with E-state index in [-0.39, 0.29) is 0 Å². The third-order valence-electron chi connectivity index (χ3n) is 2.36. The lowest BCUT2D eigenvalue weighted by Gasteiger charge is -2.14. The van der Waals surface area contributed by atoms with Crippen molar-refractivity contribution in [1.82, 2.24) is 4.98 Å². The quantitative estimate of drug-likeness (QED) is 0.767. The van der Waals surface area contributed by atoms with Crippen molar-refractivity contribution in [3.05, 3.63) is 30.0 Å². The number of H-pyrrole nitrogens is 1. The topological polar surface area (TPSA) is 19.0 Å². The van der Waals surface area contributed by atoms with Crippen LogP contribution in [-0.2, 0) is 0 Å². The van der Waals surface area contributed by atoms with Gasteiger partial charge in [-0.05, 0) is 24.6 Å². The van der Waals surface area contributed by atoms with Gasteiger partial charge in [0.2, 0.25) is 0 Å². The van der Waals surface area contributed by atoms with Crippen LogP contribution in [0.15, 0.2) is 24.4 Å². The van der Waals surface area contributed by atoms with Crippen molar-refractivity contribution >= 4 is 16.6 Å². The fraction of sp³-hybridized carbons (Fsp3) is 0.429. The number of benzene rings is 1. The Balaban J connectivity index is 0.000000386. The smallest absolute Gasteiger partial charge is 0.0477 e. The molecule has 2 nitrogen and oxygen atoms in total. The molecule has 1 aromatic carbocycles. The van der Waals surface area contributed by atoms with E-state index in [1.165, 1.54) is 28.6 Å². The first-order valence-corrected chi connectivity index (χ1v) is 5.85. The van der Waals surface area contributed by atoms with Crippen LogP contribution < -0.4 is 4.90 Å². The van der Waals surface area contributed by atoms with Gasteiger partial charge >= 0.3 is 0 Å². The maximum atomic E-state index is 3.26. The zero-order valence-corrected chi connectivity index (χ0v) is 11.0. The summed E-state index contributed by atoms with van der Waals surface area (Å²) in [4.78, 5) is 5.40. The van der Waals surface area contributed by atoms with Crippen molar-refractivity contribution in [1.29, 1.82) is 0 Å². The summed E-state index contributed by atoms with van der Waals surface area (Å²) in [6.45, 7) is 6.38. The highest BCUT2D eigenvalue weighted by Crippen LogP contribution is 2.27. The maximum Gasteiger partial charge on any atom is 0.0477 e. The van der Waals surface area contributed by atoms with Gasteiger partial charge in [-0.25, -0.2) is 0 Å². The summed E-state index contributed by atoms with van der Waals surface area (Å²) in [7, 11) is 4.14. The first-order chi connectivity index (χ1) is 7.61. The molecule has 0 amide bonds. The molecule has 0 radical (unpaired) electrons. The highest BCUT2D eigenvalue weighted by atomic mass is 15.1. The van der Waals surface area contributed by atoms with Crippen molar-refractivity contribution in [3.8, 4) is 0 Å². The fourth-order valence-electron chi connectivity index (χ4n) is 1.71. The molecule has 0 aliphatic rings. The molecular weight excluding hydrogens is 196 g/mol. The van der Waals surface area contributed by atoms with Crippen molar-refractivity contribution in [3.63, 3.8) is 0 Å². The summed E-state index contributed by atoms with van der Waals surface area (Å²) in [6, 6.07) is 6.33. The van der Waals surface area contributed by atoms with E-state index in [9.17, 15) is 0 Å². The van der Waals surface area contributed by atoms with Gasteiger partial charge in [-0.3, -0.25) is 0 Å². The van der Waals surface area contributed by atoms with Crippen LogP contribution in [0.3, 0.4) is 0 Å². The fourth-order valence-corrected chi connectivity index (χ4v) is 1.71. The Kier molecular flexibility index (Phi) is 4.41. The Labute approximate surface area is 98.3 Å². The lowest BCUT2D eigenvalue weighted by atomic mass is 10.1. The molecule has 0 saturated heterocycles. The number of nitrogens with one attached hydrogen (secondary N) is 1. The second kappa shape index (κ2) is 5.59. The van der Waals surface area contributed by atoms with Crippen LogP contribution in [0.25, 0.3) is 10.9 Å². The molecule has 0 unspecified atom stereocenters. The molecule has 1 aromatic heterocycles. The highest BCUT2D eigenvalue weighted by molar-refractivity contribution is 5.95. The van der Waals surface area contributed by atoms with Crippen LogP contribution in [0.5, 0.6) is 0 Å². The van der Waals surface area contributed by atoms with Gasteiger partial charge in [0, 0.05) is 36.9 Å². The molecule has 1 heterocycles. The van der Waals surface area contributed by atoms with Gasteiger partial charge in [0.25, 0.3) is 0 Å². The molecule has 2 aromatic rings. The normalized spacial score (nSPS) is 9.81. The number of hydrogen-bond acceptors (Lipinski definition) is 1. The van der Waals surface area contributed by atoms with E-state index in [2.05, 4.69) is 69.1 Å². The monoisotopic (exact) mass is 218 g/mol. The Hall–Kier alpha value is -1.44. The van der Waals surface area contributed by atoms with Gasteiger partial charge in [0.15, 0.2) is 0 Å². The molecule has 0 atom stereocenters. The molecule has 1 N–H and O–H groups in total. The van der Waals surface area contributed by atoms with E-state index in [4.69, 9.17) is 0 Å². The molecule has 0 aliphatic carbocycles. The molecule has 0 saturated carbocycles. The van der Waals surface area contributed by atoms with Gasteiger partial charge in [-0.2, -0.15) is 0 Å². The van der Waals surface area contributed by atoms with E-state index in [1.807, 2.05) is 0 Å². The van der Waals surface area contributed by atoms with E-state index in [0.29, 0.717) is 0 Å². The average Bonchev–Trinajstić information content (AvgIpc) is 2.62. The minimum absolute atomic E-state index is 1.21. The van der Waals surface area contributed by atoms with Gasteiger partial charge in [-0.15, -0.1) is 0 Å². The number of hydrogen-bond donors (Lipinski definition) is 1. The summed E-state index contributed by atoms with van der Waals surface area (Å²) in [5.41, 5.74) is 3.79. The van der Waals surface area contributed by atoms with Crippen LogP contribution in [-0.4, -0.2) is 19.1 Å². The Morgan fingerprint density at radius 1 is 1.19 bits per heavy atom. The molecule has 0 spiro atoms. The molecule has 16 heavy (non-hydrogen) atoms. The molecule has 88 valence electrons. The van der Waals surface area contributed by atoms with Gasteiger partial charge in [0.05, 0.1) is 0 Å². The summed E-state index contributed by atoms with van der Waals surface area (Å²) in [5.74, 6) is 0. The van der Waals surface area contributed by atoms with Gasteiger partial charge < -0.3 is 9.88 Å². The number of rotatable bonds is 1. The van der Waals surface area contributed by atoms with Crippen molar-refractivity contribution in [2.75, 3.05) is 19.0 Å². The number of aromatic amines is 1. The zero-order chi connectivity index (χ0) is 12.1. The molecule has 0 fully saturated rings. The second-order valence-electron chi connectivity index (χ2n) is 4.27. The minimum Gasteiger partial charge on any atom is -0.377 e. The largest absolute Gasteiger partial charge is 0.377 e. The Bertz CT molecular complexity index is 441. The Morgan fingerprint density at radius 3 is 2.38 bits per heavy atom. The minimum atomic E-state index is 1.21. The van der Waals surface area contributed by atoms with Crippen LogP contribution in [0.2, 0.25) is 0 Å². The standard InChI is InChI=1S/C11H14N2.C3H8/c1-8-7-12-9-5-4-6-10(11(8)9)13(2)3;1-3-2/h4-7,12H,1-3H3;3H2,1-2H3. The van der Waals surface area contributed by atoms with E-state index < -0.39 is 0 Å². The van der Waals surface area contributed by atoms with E-state index in [1.54, 1.807) is 0 Å². The van der Waals surface area contributed by atoms with Crippen LogP contribution >= 0.6 is 0 Å². The first-order valence-electron chi connectivity index (χ1n) is 5.85. The predicted molar refractivity (Wildman–Crippen MR) is 73.3 cm³/mol. The molecule has 0 bridgehead atoms. The number of aromatic nitrogens is 1. The SMILES string of the molecule is CCC.Cc1c[nH]c2cccc(N(C)C)c12. The summed E-state index contributed by atoms with van der Waals surface area (Å²) in [5, 5.41) is 1.33. The highest BCUT2D eigenvalue weighted by Gasteiger charge is 2.05. The molecule has 2 heteroatoms. The summed E-state index contributed by atoms with van der Waals surface area (Å²) in [6.07, 6.45) is 3.30. The maximum absolute atomic E-state index is 3.26. The van der Waals surface area contributed by atoms with Crippen molar-refractivity contribution in [2.24, 2.45) is 0 Å². The first kappa shape index (κ1) is 12.6. The molecular formula is C14H22N2. The second-order valence-corrected chi connectivity index (χ2v) is 4.27. The van der Waals surface area contributed by atoms with E-state index >= 15 is 0 Å². The lowest BCUT2D eigenvalue weighted by Crippen LogP contribution is -2.08. The third-order valence-corrected chi connectivity index (χ3v) is 2.36. The third kappa shape index (κ3) is 2.57.